The topological polar surface area (TPSA) is 30.2 Å². The van der Waals surface area contributed by atoms with E-state index in [0.29, 0.717) is 11.3 Å². The van der Waals surface area contributed by atoms with Crippen LogP contribution in [0, 0.1) is 11.6 Å². The molecule has 0 aliphatic rings. The van der Waals surface area contributed by atoms with E-state index in [1.54, 1.807) is 24.5 Å². The maximum Gasteiger partial charge on any atom is 0.153 e. The summed E-state index contributed by atoms with van der Waals surface area (Å²) in [7, 11) is 0. The summed E-state index contributed by atoms with van der Waals surface area (Å²) in [5.41, 5.74) is 1.17. The molecule has 3 aromatic rings. The molecule has 3 rings (SSSR count). The van der Waals surface area contributed by atoms with Gasteiger partial charge in [-0.1, -0.05) is 0 Å². The average molecular weight is 231 g/mol. The van der Waals surface area contributed by atoms with Crippen molar-refractivity contribution in [1.82, 2.24) is 14.6 Å². The Morgan fingerprint density at radius 1 is 1.06 bits per heavy atom. The van der Waals surface area contributed by atoms with Crippen molar-refractivity contribution < 1.29 is 8.78 Å². The molecule has 1 aromatic carbocycles. The van der Waals surface area contributed by atoms with E-state index in [4.69, 9.17) is 0 Å². The molecule has 0 N–H and O–H groups in total. The van der Waals surface area contributed by atoms with E-state index >= 15 is 0 Å². The summed E-state index contributed by atoms with van der Waals surface area (Å²) >= 11 is 0. The van der Waals surface area contributed by atoms with Crippen LogP contribution in [0.4, 0.5) is 8.78 Å². The maximum absolute atomic E-state index is 13.5. The fourth-order valence-electron chi connectivity index (χ4n) is 1.65. The molecule has 5 heteroatoms. The highest BCUT2D eigenvalue weighted by atomic mass is 19.1. The third kappa shape index (κ3) is 1.65. The van der Waals surface area contributed by atoms with Gasteiger partial charge >= 0.3 is 0 Å². The van der Waals surface area contributed by atoms with E-state index in [0.717, 1.165) is 18.2 Å². The monoisotopic (exact) mass is 231 g/mol. The molecular formula is C12H7F2N3. The number of fused-ring (bicyclic) bond motifs is 1. The highest BCUT2D eigenvalue weighted by molar-refractivity contribution is 5.61. The first-order chi connectivity index (χ1) is 8.24. The van der Waals surface area contributed by atoms with Gasteiger partial charge in [0.2, 0.25) is 0 Å². The zero-order chi connectivity index (χ0) is 11.8. The van der Waals surface area contributed by atoms with Crippen LogP contribution in [0.3, 0.4) is 0 Å². The summed E-state index contributed by atoms with van der Waals surface area (Å²) in [5.74, 6) is -0.993. The second-order valence-electron chi connectivity index (χ2n) is 3.57. The smallest absolute Gasteiger partial charge is 0.153 e. The van der Waals surface area contributed by atoms with Gasteiger partial charge < -0.3 is 0 Å². The van der Waals surface area contributed by atoms with Crippen molar-refractivity contribution in [3.63, 3.8) is 0 Å². The fraction of sp³-hybridized carbons (Fsp3) is 0. The number of hydrogen-bond acceptors (Lipinski definition) is 2. The minimum atomic E-state index is -0.502. The van der Waals surface area contributed by atoms with Gasteiger partial charge in [-0.05, 0) is 30.3 Å². The van der Waals surface area contributed by atoms with E-state index in [1.165, 1.54) is 4.52 Å². The lowest BCUT2D eigenvalue weighted by molar-refractivity contribution is 0.602. The molecule has 0 atom stereocenters. The Bertz CT molecular complexity index is 691. The molecule has 0 unspecified atom stereocenters. The molecular weight excluding hydrogens is 224 g/mol. The van der Waals surface area contributed by atoms with Crippen LogP contribution >= 0.6 is 0 Å². The highest BCUT2D eigenvalue weighted by Crippen LogP contribution is 2.21. The number of imidazole rings is 1. The van der Waals surface area contributed by atoms with Gasteiger partial charge in [0.1, 0.15) is 11.6 Å². The van der Waals surface area contributed by atoms with Crippen molar-refractivity contribution in [1.29, 1.82) is 0 Å². The van der Waals surface area contributed by atoms with Gasteiger partial charge in [0.25, 0.3) is 0 Å². The predicted octanol–water partition coefficient (Wildman–Crippen LogP) is 2.67. The molecule has 17 heavy (non-hydrogen) atoms. The molecule has 0 radical (unpaired) electrons. The third-order valence-corrected chi connectivity index (χ3v) is 2.46. The van der Waals surface area contributed by atoms with E-state index in [-0.39, 0.29) is 5.56 Å². The molecule has 0 saturated heterocycles. The second kappa shape index (κ2) is 3.62. The Kier molecular flexibility index (Phi) is 2.11. The minimum absolute atomic E-state index is 0.139. The first kappa shape index (κ1) is 9.89. The number of benzene rings is 1. The maximum atomic E-state index is 13.5. The number of halogens is 2. The SMILES string of the molecule is Fc1ccc(F)c(-c2ccc3nccn3n2)c1. The molecule has 3 nitrogen and oxygen atoms in total. The van der Waals surface area contributed by atoms with Crippen molar-refractivity contribution in [3.05, 3.63) is 54.4 Å². The lowest BCUT2D eigenvalue weighted by atomic mass is 10.1. The van der Waals surface area contributed by atoms with E-state index in [1.807, 2.05) is 0 Å². The van der Waals surface area contributed by atoms with Gasteiger partial charge in [-0.25, -0.2) is 18.3 Å². The summed E-state index contributed by atoms with van der Waals surface area (Å²) in [6, 6.07) is 6.60. The van der Waals surface area contributed by atoms with Crippen LogP contribution in [-0.2, 0) is 0 Å². The molecule has 0 fully saturated rings. The summed E-state index contributed by atoms with van der Waals surface area (Å²) in [5, 5.41) is 4.15. The minimum Gasteiger partial charge on any atom is -0.236 e. The largest absolute Gasteiger partial charge is 0.236 e. The summed E-state index contributed by atoms with van der Waals surface area (Å²) < 4.78 is 28.1. The van der Waals surface area contributed by atoms with Crippen molar-refractivity contribution in [2.24, 2.45) is 0 Å². The normalized spacial score (nSPS) is 10.9. The van der Waals surface area contributed by atoms with E-state index in [2.05, 4.69) is 10.1 Å². The second-order valence-corrected chi connectivity index (χ2v) is 3.57. The first-order valence-corrected chi connectivity index (χ1v) is 5.00. The number of aromatic nitrogens is 3. The van der Waals surface area contributed by atoms with Crippen LogP contribution in [0.15, 0.2) is 42.7 Å². The lowest BCUT2D eigenvalue weighted by Crippen LogP contribution is -1.95. The van der Waals surface area contributed by atoms with Crippen molar-refractivity contribution in [2.45, 2.75) is 0 Å². The summed E-state index contributed by atoms with van der Waals surface area (Å²) in [6.45, 7) is 0. The zero-order valence-corrected chi connectivity index (χ0v) is 8.64. The Balaban J connectivity index is 2.22. The van der Waals surface area contributed by atoms with Crippen LogP contribution in [0.2, 0.25) is 0 Å². The van der Waals surface area contributed by atoms with Crippen LogP contribution in [0.1, 0.15) is 0 Å². The Morgan fingerprint density at radius 3 is 2.82 bits per heavy atom. The lowest BCUT2D eigenvalue weighted by Gasteiger charge is -2.03. The number of rotatable bonds is 1. The van der Waals surface area contributed by atoms with Gasteiger partial charge in [-0.15, -0.1) is 0 Å². The molecule has 2 heterocycles. The Hall–Kier alpha value is -2.30. The van der Waals surface area contributed by atoms with E-state index < -0.39 is 11.6 Å². The van der Waals surface area contributed by atoms with E-state index in [9.17, 15) is 8.78 Å². The molecule has 84 valence electrons. The fourth-order valence-corrected chi connectivity index (χ4v) is 1.65. The molecule has 0 amide bonds. The number of nitrogens with zero attached hydrogens (tertiary/aromatic N) is 3. The average Bonchev–Trinajstić information content (AvgIpc) is 2.79. The van der Waals surface area contributed by atoms with Gasteiger partial charge in [0, 0.05) is 18.0 Å². The van der Waals surface area contributed by atoms with Crippen LogP contribution < -0.4 is 0 Å². The predicted molar refractivity (Wildman–Crippen MR) is 58.3 cm³/mol. The highest BCUT2D eigenvalue weighted by Gasteiger charge is 2.08. The van der Waals surface area contributed by atoms with Gasteiger partial charge in [0.05, 0.1) is 5.69 Å². The summed E-state index contributed by atoms with van der Waals surface area (Å²) in [6.07, 6.45) is 3.24. The molecule has 0 saturated carbocycles. The van der Waals surface area contributed by atoms with Gasteiger partial charge in [-0.3, -0.25) is 0 Å². The van der Waals surface area contributed by atoms with Crippen molar-refractivity contribution in [3.8, 4) is 11.3 Å². The zero-order valence-electron chi connectivity index (χ0n) is 8.64. The molecule has 0 spiro atoms. The molecule has 0 aliphatic heterocycles. The Labute approximate surface area is 95.3 Å². The Morgan fingerprint density at radius 2 is 1.94 bits per heavy atom. The van der Waals surface area contributed by atoms with Crippen molar-refractivity contribution in [2.75, 3.05) is 0 Å². The van der Waals surface area contributed by atoms with Gasteiger partial charge in [-0.2, -0.15) is 5.10 Å². The molecule has 2 aromatic heterocycles. The third-order valence-electron chi connectivity index (χ3n) is 2.46. The number of hydrogen-bond donors (Lipinski definition) is 0. The molecule has 0 aliphatic carbocycles. The van der Waals surface area contributed by atoms with Crippen LogP contribution in [0.25, 0.3) is 16.9 Å². The standard InChI is InChI=1S/C12H7F2N3/c13-8-1-2-10(14)9(7-8)11-3-4-12-15-5-6-17(12)16-11/h1-7H. The van der Waals surface area contributed by atoms with Crippen molar-refractivity contribution >= 4 is 5.65 Å². The first-order valence-electron chi connectivity index (χ1n) is 5.00. The van der Waals surface area contributed by atoms with Crippen LogP contribution in [0.5, 0.6) is 0 Å². The quantitative estimate of drug-likeness (QED) is 0.644. The van der Waals surface area contributed by atoms with Gasteiger partial charge in [0.15, 0.2) is 5.65 Å². The molecule has 0 bridgehead atoms. The summed E-state index contributed by atoms with van der Waals surface area (Å²) in [4.78, 5) is 4.03. The van der Waals surface area contributed by atoms with Crippen LogP contribution in [-0.4, -0.2) is 14.6 Å².